The molecule has 22 heavy (non-hydrogen) atoms. The zero-order valence-electron chi connectivity index (χ0n) is 11.6. The van der Waals surface area contributed by atoms with Gasteiger partial charge in [-0.1, -0.05) is 0 Å². The highest BCUT2D eigenvalue weighted by atomic mass is 35.5. The minimum absolute atomic E-state index is 0. The lowest BCUT2D eigenvalue weighted by molar-refractivity contribution is 0.0786. The van der Waals surface area contributed by atoms with Crippen LogP contribution in [-0.4, -0.2) is 34.9 Å². The molecule has 2 aromatic rings. The monoisotopic (exact) mass is 363 g/mol. The Morgan fingerprint density at radius 1 is 1.32 bits per heavy atom. The van der Waals surface area contributed by atoms with Crippen LogP contribution in [0.4, 0.5) is 4.39 Å². The highest BCUT2D eigenvalue weighted by molar-refractivity contribution is 7.13. The predicted octanol–water partition coefficient (Wildman–Crippen LogP) is 2.97. The smallest absolute Gasteiger partial charge is 0.273 e. The number of nitrogens with zero attached hydrogens (tertiary/aromatic N) is 2. The Morgan fingerprint density at radius 3 is 2.59 bits per heavy atom. The predicted molar refractivity (Wildman–Crippen MR) is 90.5 cm³/mol. The van der Waals surface area contributed by atoms with Gasteiger partial charge in [0.1, 0.15) is 16.5 Å². The molecule has 8 heteroatoms. The second-order valence-electron chi connectivity index (χ2n) is 4.84. The topological polar surface area (TPSA) is 59.2 Å². The average Bonchev–Trinajstić information content (AvgIpc) is 3.08. The Bertz CT molecular complexity index is 635. The minimum Gasteiger partial charge on any atom is -0.336 e. The summed E-state index contributed by atoms with van der Waals surface area (Å²) in [4.78, 5) is 18.3. The standard InChI is InChI=1S/C14H14FN3OS.2ClH/c15-10-3-1-9(2-4-10)13-17-12(8-20-13)14(19)18-6-5-11(16)7-18;;/h1-4,8,11H,5-7,16H2;2*1H/t11-;;/m1../s1. The number of benzene rings is 1. The van der Waals surface area contributed by atoms with Crippen molar-refractivity contribution in [1.29, 1.82) is 0 Å². The van der Waals surface area contributed by atoms with Crippen LogP contribution in [0.5, 0.6) is 0 Å². The van der Waals surface area contributed by atoms with E-state index in [1.807, 2.05) is 0 Å². The van der Waals surface area contributed by atoms with Crippen molar-refractivity contribution in [3.05, 3.63) is 41.2 Å². The molecule has 0 aliphatic carbocycles. The molecule has 0 bridgehead atoms. The van der Waals surface area contributed by atoms with Crippen molar-refractivity contribution >= 4 is 42.1 Å². The first kappa shape index (κ1) is 18.8. The minimum atomic E-state index is -0.285. The molecule has 1 aliphatic rings. The highest BCUT2D eigenvalue weighted by Crippen LogP contribution is 2.25. The first-order chi connectivity index (χ1) is 9.63. The maximum absolute atomic E-state index is 12.9. The van der Waals surface area contributed by atoms with Crippen LogP contribution in [0.1, 0.15) is 16.9 Å². The molecular formula is C14H16Cl2FN3OS. The summed E-state index contributed by atoms with van der Waals surface area (Å²) < 4.78 is 12.9. The molecule has 1 saturated heterocycles. The second-order valence-corrected chi connectivity index (χ2v) is 5.70. The summed E-state index contributed by atoms with van der Waals surface area (Å²) in [7, 11) is 0. The van der Waals surface area contributed by atoms with Crippen LogP contribution in [-0.2, 0) is 0 Å². The van der Waals surface area contributed by atoms with Crippen molar-refractivity contribution in [3.8, 4) is 10.6 Å². The lowest BCUT2D eigenvalue weighted by atomic mass is 10.2. The molecule has 1 amide bonds. The number of rotatable bonds is 2. The molecule has 0 saturated carbocycles. The largest absolute Gasteiger partial charge is 0.336 e. The summed E-state index contributed by atoms with van der Waals surface area (Å²) in [6.07, 6.45) is 0.834. The number of amides is 1. The fraction of sp³-hybridized carbons (Fsp3) is 0.286. The van der Waals surface area contributed by atoms with Gasteiger partial charge in [0.15, 0.2) is 0 Å². The first-order valence-corrected chi connectivity index (χ1v) is 7.28. The third-order valence-corrected chi connectivity index (χ3v) is 4.22. The van der Waals surface area contributed by atoms with Gasteiger partial charge in [-0.05, 0) is 30.7 Å². The van der Waals surface area contributed by atoms with Crippen LogP contribution in [0.2, 0.25) is 0 Å². The average molecular weight is 364 g/mol. The number of carbonyl (C=O) groups excluding carboxylic acids is 1. The Kier molecular flexibility index (Phi) is 6.74. The maximum atomic E-state index is 12.9. The summed E-state index contributed by atoms with van der Waals surface area (Å²) in [5.41, 5.74) is 7.05. The molecule has 120 valence electrons. The molecule has 0 spiro atoms. The lowest BCUT2D eigenvalue weighted by Gasteiger charge is -2.13. The Hall–Kier alpha value is -1.21. The number of likely N-dealkylation sites (tertiary alicyclic amines) is 1. The van der Waals surface area contributed by atoms with Gasteiger partial charge in [-0.2, -0.15) is 0 Å². The highest BCUT2D eigenvalue weighted by Gasteiger charge is 2.26. The van der Waals surface area contributed by atoms with Crippen molar-refractivity contribution in [2.75, 3.05) is 13.1 Å². The quantitative estimate of drug-likeness (QED) is 0.891. The summed E-state index contributed by atoms with van der Waals surface area (Å²) in [6.45, 7) is 1.27. The number of carbonyl (C=O) groups is 1. The molecule has 0 radical (unpaired) electrons. The molecule has 1 aliphatic heterocycles. The number of nitrogens with two attached hydrogens (primary N) is 1. The van der Waals surface area contributed by atoms with E-state index in [-0.39, 0.29) is 42.6 Å². The van der Waals surface area contributed by atoms with Crippen LogP contribution in [0.25, 0.3) is 10.6 Å². The Balaban J connectivity index is 0.00000121. The van der Waals surface area contributed by atoms with E-state index in [0.717, 1.165) is 17.0 Å². The van der Waals surface area contributed by atoms with E-state index >= 15 is 0 Å². The molecule has 3 rings (SSSR count). The van der Waals surface area contributed by atoms with Crippen molar-refractivity contribution in [2.45, 2.75) is 12.5 Å². The summed E-state index contributed by atoms with van der Waals surface area (Å²) >= 11 is 1.38. The van der Waals surface area contributed by atoms with Gasteiger partial charge in [-0.3, -0.25) is 4.79 Å². The van der Waals surface area contributed by atoms with Crippen molar-refractivity contribution < 1.29 is 9.18 Å². The van der Waals surface area contributed by atoms with Gasteiger partial charge >= 0.3 is 0 Å². The van der Waals surface area contributed by atoms with E-state index in [1.165, 1.54) is 23.5 Å². The SMILES string of the molecule is Cl.Cl.N[C@@H]1CCN(C(=O)c2csc(-c3ccc(F)cc3)n2)C1. The summed E-state index contributed by atoms with van der Waals surface area (Å²) in [5, 5.41) is 2.46. The fourth-order valence-corrected chi connectivity index (χ4v) is 3.03. The van der Waals surface area contributed by atoms with Gasteiger partial charge in [0.25, 0.3) is 5.91 Å². The molecule has 2 N–H and O–H groups in total. The third-order valence-electron chi connectivity index (χ3n) is 3.33. The van der Waals surface area contributed by atoms with Gasteiger partial charge in [-0.15, -0.1) is 36.2 Å². The van der Waals surface area contributed by atoms with Gasteiger partial charge in [0.05, 0.1) is 0 Å². The van der Waals surface area contributed by atoms with E-state index in [9.17, 15) is 9.18 Å². The summed E-state index contributed by atoms with van der Waals surface area (Å²) in [5.74, 6) is -0.366. The number of thiazole rings is 1. The van der Waals surface area contributed by atoms with E-state index in [1.54, 1.807) is 22.4 Å². The number of aromatic nitrogens is 1. The first-order valence-electron chi connectivity index (χ1n) is 6.40. The lowest BCUT2D eigenvalue weighted by Crippen LogP contribution is -2.32. The molecule has 2 heterocycles. The van der Waals surface area contributed by atoms with Crippen LogP contribution < -0.4 is 5.73 Å². The summed E-state index contributed by atoms with van der Waals surface area (Å²) in [6, 6.07) is 6.16. The molecule has 1 fully saturated rings. The van der Waals surface area contributed by atoms with Gasteiger partial charge < -0.3 is 10.6 Å². The van der Waals surface area contributed by atoms with Crippen molar-refractivity contribution in [1.82, 2.24) is 9.88 Å². The normalized spacial score (nSPS) is 16.8. The number of hydrogen-bond donors (Lipinski definition) is 1. The zero-order valence-corrected chi connectivity index (χ0v) is 14.0. The van der Waals surface area contributed by atoms with Crippen LogP contribution in [0.3, 0.4) is 0 Å². The fourth-order valence-electron chi connectivity index (χ4n) is 2.23. The van der Waals surface area contributed by atoms with E-state index < -0.39 is 0 Å². The van der Waals surface area contributed by atoms with Gasteiger partial charge in [-0.25, -0.2) is 9.37 Å². The number of hydrogen-bond acceptors (Lipinski definition) is 4. The van der Waals surface area contributed by atoms with Crippen LogP contribution in [0.15, 0.2) is 29.6 Å². The molecule has 1 atom stereocenters. The van der Waals surface area contributed by atoms with Gasteiger partial charge in [0.2, 0.25) is 0 Å². The van der Waals surface area contributed by atoms with E-state index in [4.69, 9.17) is 5.73 Å². The van der Waals surface area contributed by atoms with E-state index in [2.05, 4.69) is 4.98 Å². The van der Waals surface area contributed by atoms with Crippen LogP contribution in [0, 0.1) is 5.82 Å². The molecule has 4 nitrogen and oxygen atoms in total. The van der Waals surface area contributed by atoms with Crippen LogP contribution >= 0.6 is 36.2 Å². The molecule has 0 unspecified atom stereocenters. The molecule has 1 aromatic heterocycles. The number of halogens is 3. The second kappa shape index (κ2) is 7.87. The molecular weight excluding hydrogens is 348 g/mol. The van der Waals surface area contributed by atoms with Crippen molar-refractivity contribution in [3.63, 3.8) is 0 Å². The molecule has 1 aromatic carbocycles. The Labute approximate surface area is 144 Å². The van der Waals surface area contributed by atoms with Gasteiger partial charge in [0, 0.05) is 30.1 Å². The third kappa shape index (κ3) is 3.95. The Morgan fingerprint density at radius 2 is 2.00 bits per heavy atom. The maximum Gasteiger partial charge on any atom is 0.273 e. The van der Waals surface area contributed by atoms with Crippen molar-refractivity contribution in [2.24, 2.45) is 5.73 Å². The van der Waals surface area contributed by atoms with E-state index in [0.29, 0.717) is 18.8 Å². The zero-order chi connectivity index (χ0) is 14.1.